The summed E-state index contributed by atoms with van der Waals surface area (Å²) in [5.74, 6) is 0.262. The number of hydrogen-bond donors (Lipinski definition) is 1. The van der Waals surface area contributed by atoms with Gasteiger partial charge >= 0.3 is 12.2 Å². The van der Waals surface area contributed by atoms with Gasteiger partial charge in [0.25, 0.3) is 5.69 Å². The maximum absolute atomic E-state index is 13.0. The van der Waals surface area contributed by atoms with Crippen molar-refractivity contribution in [1.82, 2.24) is 10.2 Å². The van der Waals surface area contributed by atoms with Gasteiger partial charge in [0, 0.05) is 38.2 Å². The summed E-state index contributed by atoms with van der Waals surface area (Å²) >= 11 is 0. The maximum Gasteiger partial charge on any atom is 0.509 e. The molecule has 1 heterocycles. The van der Waals surface area contributed by atoms with Gasteiger partial charge in [-0.2, -0.15) is 0 Å². The molecule has 1 N–H and O–H groups in total. The van der Waals surface area contributed by atoms with Crippen molar-refractivity contribution in [3.8, 4) is 0 Å². The zero-order chi connectivity index (χ0) is 30.7. The average molecular weight is 586 g/mol. The maximum atomic E-state index is 13.0. The third kappa shape index (κ3) is 11.7. The Morgan fingerprint density at radius 2 is 1.76 bits per heavy atom. The summed E-state index contributed by atoms with van der Waals surface area (Å²) in [4.78, 5) is 38.8. The predicted molar refractivity (Wildman–Crippen MR) is 157 cm³/mol. The summed E-state index contributed by atoms with van der Waals surface area (Å²) in [5.41, 5.74) is 1.10. The summed E-state index contributed by atoms with van der Waals surface area (Å²) in [7, 11) is 0. The van der Waals surface area contributed by atoms with E-state index in [1.165, 1.54) is 12.1 Å². The molecule has 2 aromatic rings. The van der Waals surface area contributed by atoms with Gasteiger partial charge in [-0.05, 0) is 44.2 Å². The minimum absolute atomic E-state index is 0.0125. The molecule has 11 nitrogen and oxygen atoms in total. The molecule has 11 heteroatoms. The molecule has 0 saturated carbocycles. The molecule has 230 valence electrons. The molecule has 0 aliphatic carbocycles. The van der Waals surface area contributed by atoms with Gasteiger partial charge in [-0.1, -0.05) is 56.3 Å². The van der Waals surface area contributed by atoms with E-state index in [1.54, 1.807) is 32.9 Å². The van der Waals surface area contributed by atoms with Crippen LogP contribution in [0.4, 0.5) is 15.3 Å². The molecule has 1 aliphatic rings. The summed E-state index contributed by atoms with van der Waals surface area (Å²) in [6, 6.07) is 15.3. The number of rotatable bonds is 13. The molecule has 1 saturated heterocycles. The van der Waals surface area contributed by atoms with Crippen LogP contribution in [0.15, 0.2) is 54.6 Å². The number of alkyl carbamates (subject to hydrolysis) is 1. The highest BCUT2D eigenvalue weighted by Crippen LogP contribution is 2.19. The topological polar surface area (TPSA) is 129 Å². The summed E-state index contributed by atoms with van der Waals surface area (Å²) < 4.78 is 22.4. The fourth-order valence-corrected chi connectivity index (χ4v) is 4.70. The predicted octanol–water partition coefficient (Wildman–Crippen LogP) is 5.50. The van der Waals surface area contributed by atoms with Crippen molar-refractivity contribution < 1.29 is 33.5 Å². The molecule has 0 radical (unpaired) electrons. The lowest BCUT2D eigenvalue weighted by molar-refractivity contribution is -0.384. The van der Waals surface area contributed by atoms with Crippen LogP contribution in [0.1, 0.15) is 52.2 Å². The van der Waals surface area contributed by atoms with Gasteiger partial charge < -0.3 is 24.3 Å². The summed E-state index contributed by atoms with van der Waals surface area (Å²) in [5, 5.41) is 14.1. The van der Waals surface area contributed by atoms with Crippen molar-refractivity contribution in [1.29, 1.82) is 0 Å². The molecule has 3 unspecified atom stereocenters. The second-order valence-corrected chi connectivity index (χ2v) is 12.0. The van der Waals surface area contributed by atoms with E-state index < -0.39 is 41.0 Å². The first-order chi connectivity index (χ1) is 19.9. The van der Waals surface area contributed by atoms with Gasteiger partial charge in [-0.25, -0.2) is 9.59 Å². The highest BCUT2D eigenvalue weighted by atomic mass is 16.7. The van der Waals surface area contributed by atoms with Crippen molar-refractivity contribution >= 4 is 17.9 Å². The monoisotopic (exact) mass is 585 g/mol. The molecule has 3 rings (SSSR count). The first-order valence-corrected chi connectivity index (χ1v) is 14.3. The lowest BCUT2D eigenvalue weighted by atomic mass is 10.00. The van der Waals surface area contributed by atoms with Crippen LogP contribution in [0.3, 0.4) is 0 Å². The zero-order valence-corrected chi connectivity index (χ0v) is 25.1. The number of nitrogens with one attached hydrogen (secondary N) is 1. The highest BCUT2D eigenvalue weighted by molar-refractivity contribution is 5.68. The number of carbonyl (C=O) groups is 2. The van der Waals surface area contributed by atoms with E-state index in [9.17, 15) is 19.7 Å². The molecule has 1 aliphatic heterocycles. The van der Waals surface area contributed by atoms with Gasteiger partial charge in [-0.15, -0.1) is 0 Å². The largest absolute Gasteiger partial charge is 0.509 e. The quantitative estimate of drug-likeness (QED) is 0.184. The Bertz CT molecular complexity index is 1150. The number of ether oxygens (including phenoxy) is 4. The lowest BCUT2D eigenvalue weighted by Gasteiger charge is -2.34. The Labute approximate surface area is 247 Å². The second-order valence-electron chi connectivity index (χ2n) is 12.0. The van der Waals surface area contributed by atoms with Crippen molar-refractivity contribution in [3.05, 3.63) is 75.8 Å². The molecule has 42 heavy (non-hydrogen) atoms. The SMILES string of the molecule is CC(C)CN(Cc1ccc([N+](=O)[O-])cc1)CC(OC(=O)OC1CCOC1)C(Cc1ccccc1)NC(=O)OC(C)(C)C. The van der Waals surface area contributed by atoms with Crippen LogP contribution in [0.25, 0.3) is 0 Å². The number of nitro groups is 1. The lowest BCUT2D eigenvalue weighted by Crippen LogP contribution is -2.52. The van der Waals surface area contributed by atoms with E-state index in [0.29, 0.717) is 39.1 Å². The normalized spacial score (nSPS) is 16.6. The third-order valence-corrected chi connectivity index (χ3v) is 6.46. The summed E-state index contributed by atoms with van der Waals surface area (Å²) in [6.45, 7) is 11.7. The summed E-state index contributed by atoms with van der Waals surface area (Å²) in [6.07, 6.45) is -1.71. The minimum Gasteiger partial charge on any atom is -0.444 e. The molecule has 1 fully saturated rings. The van der Waals surface area contributed by atoms with E-state index in [2.05, 4.69) is 24.1 Å². The number of nitro benzene ring substituents is 1. The second kappa shape index (κ2) is 15.5. The van der Waals surface area contributed by atoms with Crippen LogP contribution in [0.5, 0.6) is 0 Å². The van der Waals surface area contributed by atoms with Crippen LogP contribution in [-0.2, 0) is 31.9 Å². The molecule has 0 bridgehead atoms. The fourth-order valence-electron chi connectivity index (χ4n) is 4.70. The fraction of sp³-hybridized carbons (Fsp3) is 0.548. The molecule has 2 aromatic carbocycles. The van der Waals surface area contributed by atoms with Crippen LogP contribution in [0.2, 0.25) is 0 Å². The minimum atomic E-state index is -0.834. The Balaban J connectivity index is 1.90. The number of amides is 1. The third-order valence-electron chi connectivity index (χ3n) is 6.46. The van der Waals surface area contributed by atoms with E-state index in [1.807, 2.05) is 30.3 Å². The van der Waals surface area contributed by atoms with Crippen molar-refractivity contribution in [2.75, 3.05) is 26.3 Å². The Morgan fingerprint density at radius 1 is 1.07 bits per heavy atom. The number of hydrogen-bond acceptors (Lipinski definition) is 9. The van der Waals surface area contributed by atoms with Crippen molar-refractivity contribution in [3.63, 3.8) is 0 Å². The smallest absolute Gasteiger partial charge is 0.444 e. The average Bonchev–Trinajstić information content (AvgIpc) is 3.40. The van der Waals surface area contributed by atoms with Gasteiger partial charge in [0.05, 0.1) is 24.2 Å². The van der Waals surface area contributed by atoms with Gasteiger partial charge in [0.2, 0.25) is 0 Å². The number of non-ortho nitro benzene ring substituents is 1. The van der Waals surface area contributed by atoms with Crippen molar-refractivity contribution in [2.45, 2.75) is 77.9 Å². The Morgan fingerprint density at radius 3 is 2.33 bits per heavy atom. The van der Waals surface area contributed by atoms with E-state index in [0.717, 1.165) is 11.1 Å². The van der Waals surface area contributed by atoms with Crippen molar-refractivity contribution in [2.24, 2.45) is 5.92 Å². The van der Waals surface area contributed by atoms with Gasteiger partial charge in [-0.3, -0.25) is 15.0 Å². The zero-order valence-electron chi connectivity index (χ0n) is 25.1. The number of carbonyl (C=O) groups excluding carboxylic acids is 2. The first kappa shape index (κ1) is 32.8. The standard InChI is InChI=1S/C31H43N3O8/c1-22(2)18-33(19-24-11-13-25(14-12-24)34(37)38)20-28(41-30(36)40-26-15-16-39-21-26)27(17-23-9-7-6-8-10-23)32-29(35)42-31(3,4)5/h6-14,22,26-28H,15-21H2,1-5H3,(H,32,35). The number of nitrogens with zero attached hydrogens (tertiary/aromatic N) is 2. The molecule has 0 spiro atoms. The van der Waals surface area contributed by atoms with E-state index in [-0.39, 0.29) is 18.2 Å². The van der Waals surface area contributed by atoms with Gasteiger partial charge in [0.15, 0.2) is 0 Å². The van der Waals surface area contributed by atoms with Crippen LogP contribution < -0.4 is 5.32 Å². The highest BCUT2D eigenvalue weighted by Gasteiger charge is 2.33. The van der Waals surface area contributed by atoms with Gasteiger partial charge in [0.1, 0.15) is 17.8 Å². The van der Waals surface area contributed by atoms with Crippen LogP contribution in [0, 0.1) is 16.0 Å². The Kier molecular flexibility index (Phi) is 12.1. The Hall–Kier alpha value is -3.70. The molecule has 1 amide bonds. The molecular formula is C31H43N3O8. The van der Waals surface area contributed by atoms with Crippen LogP contribution >= 0.6 is 0 Å². The van der Waals surface area contributed by atoms with E-state index in [4.69, 9.17) is 18.9 Å². The van der Waals surface area contributed by atoms with Crippen LogP contribution in [-0.4, -0.2) is 72.2 Å². The molecular weight excluding hydrogens is 542 g/mol. The first-order valence-electron chi connectivity index (χ1n) is 14.3. The van der Waals surface area contributed by atoms with E-state index >= 15 is 0 Å². The number of benzene rings is 2. The molecule has 0 aromatic heterocycles. The molecule has 3 atom stereocenters.